The minimum atomic E-state index is -0.586. The topological polar surface area (TPSA) is 73.9 Å². The Labute approximate surface area is 280 Å². The van der Waals surface area contributed by atoms with Gasteiger partial charge in [0.2, 0.25) is 12.7 Å². The fourth-order valence-corrected chi connectivity index (χ4v) is 5.84. The van der Waals surface area contributed by atoms with Crippen LogP contribution in [0.1, 0.15) is 53.7 Å². The van der Waals surface area contributed by atoms with E-state index in [0.717, 1.165) is 50.4 Å². The third-order valence-corrected chi connectivity index (χ3v) is 8.25. The van der Waals surface area contributed by atoms with E-state index in [1.54, 1.807) is 12.1 Å². The average molecular weight is 646 g/mol. The summed E-state index contributed by atoms with van der Waals surface area (Å²) >= 11 is 6.15. The first-order valence-electron chi connectivity index (χ1n) is 15.5. The molecule has 0 spiro atoms. The molecule has 1 atom stereocenters. The van der Waals surface area contributed by atoms with Gasteiger partial charge in [0.1, 0.15) is 5.60 Å². The van der Waals surface area contributed by atoms with Crippen LogP contribution >= 0.6 is 11.6 Å². The van der Waals surface area contributed by atoms with Crippen LogP contribution in [0, 0.1) is 6.92 Å². The van der Waals surface area contributed by atoms with E-state index in [0.29, 0.717) is 22.7 Å². The summed E-state index contributed by atoms with van der Waals surface area (Å²) in [4.78, 5) is 26.5. The Bertz CT molecular complexity index is 1910. The smallest absolute Gasteiger partial charge is 0.338 e. The van der Waals surface area contributed by atoms with Crippen molar-refractivity contribution in [1.82, 2.24) is 0 Å². The lowest BCUT2D eigenvalue weighted by Crippen LogP contribution is -2.24. The van der Waals surface area contributed by atoms with Gasteiger partial charge >= 0.3 is 5.97 Å². The van der Waals surface area contributed by atoms with E-state index in [2.05, 4.69) is 5.32 Å². The minimum absolute atomic E-state index is 0.132. The number of halogens is 1. The van der Waals surface area contributed by atoms with Crippen molar-refractivity contribution in [2.75, 3.05) is 12.1 Å². The zero-order valence-corrected chi connectivity index (χ0v) is 27.6. The Morgan fingerprint density at radius 1 is 0.787 bits per heavy atom. The molecule has 5 aromatic rings. The number of esters is 1. The SMILES string of the molecule is Cc1cc(Cl)ccc1-c1ccc(NC(=O)[C@H](Cc2ccc(C(=O)OC(C)(C)C)cc2)c2ccc(-c3ccc4c(c3)OCO4)cc2)cc1. The summed E-state index contributed by atoms with van der Waals surface area (Å²) < 4.78 is 16.5. The maximum Gasteiger partial charge on any atom is 0.338 e. The monoisotopic (exact) mass is 645 g/mol. The maximum atomic E-state index is 13.9. The standard InChI is InChI=1S/C40H36ClNO5/c1-25-21-32(41)16-19-34(25)28-13-17-33(18-14-28)42-38(43)35(22-26-5-7-30(8-6-26)39(44)47-40(2,3)4)29-11-9-27(10-12-29)31-15-20-36-37(23-31)46-24-45-36/h5-21,23,35H,22,24H2,1-4H3,(H,42,43)/t35-/m1/s1. The summed E-state index contributed by atoms with van der Waals surface area (Å²) in [6, 6.07) is 34.8. The number of rotatable bonds is 8. The van der Waals surface area contributed by atoms with E-state index in [1.165, 1.54) is 0 Å². The van der Waals surface area contributed by atoms with Gasteiger partial charge in [-0.25, -0.2) is 4.79 Å². The predicted molar refractivity (Wildman–Crippen MR) is 186 cm³/mol. The number of aryl methyl sites for hydroxylation is 1. The number of carbonyl (C=O) groups excluding carboxylic acids is 2. The normalized spacial score (nSPS) is 12.8. The second-order valence-electron chi connectivity index (χ2n) is 12.7. The van der Waals surface area contributed by atoms with Crippen LogP contribution in [-0.4, -0.2) is 24.3 Å². The number of carbonyl (C=O) groups is 2. The van der Waals surface area contributed by atoms with Gasteiger partial charge in [0.15, 0.2) is 11.5 Å². The lowest BCUT2D eigenvalue weighted by Gasteiger charge is -2.20. The number of anilines is 1. The molecule has 238 valence electrons. The van der Waals surface area contributed by atoms with Crippen LogP contribution in [0.5, 0.6) is 11.5 Å². The van der Waals surface area contributed by atoms with Crippen LogP contribution in [-0.2, 0) is 16.0 Å². The lowest BCUT2D eigenvalue weighted by molar-refractivity contribution is -0.117. The average Bonchev–Trinajstić information content (AvgIpc) is 3.52. The number of fused-ring (bicyclic) bond motifs is 1. The third-order valence-electron chi connectivity index (χ3n) is 8.02. The molecule has 1 N–H and O–H groups in total. The Morgan fingerprint density at radius 2 is 1.45 bits per heavy atom. The van der Waals surface area contributed by atoms with E-state index >= 15 is 0 Å². The quantitative estimate of drug-likeness (QED) is 0.170. The molecule has 0 aromatic heterocycles. The van der Waals surface area contributed by atoms with Gasteiger partial charge < -0.3 is 19.5 Å². The van der Waals surface area contributed by atoms with Crippen molar-refractivity contribution in [2.45, 2.75) is 45.6 Å². The van der Waals surface area contributed by atoms with Gasteiger partial charge in [-0.3, -0.25) is 4.79 Å². The molecule has 0 bridgehead atoms. The molecule has 0 aliphatic carbocycles. The van der Waals surface area contributed by atoms with Crippen LogP contribution in [0.3, 0.4) is 0 Å². The first-order valence-corrected chi connectivity index (χ1v) is 15.9. The van der Waals surface area contributed by atoms with E-state index in [9.17, 15) is 9.59 Å². The van der Waals surface area contributed by atoms with Crippen molar-refractivity contribution >= 4 is 29.2 Å². The molecule has 1 aliphatic rings. The summed E-state index contributed by atoms with van der Waals surface area (Å²) in [6.45, 7) is 7.77. The fourth-order valence-electron chi connectivity index (χ4n) is 5.61. The summed E-state index contributed by atoms with van der Waals surface area (Å²) in [7, 11) is 0. The van der Waals surface area contributed by atoms with Gasteiger partial charge in [-0.05, 0) is 122 Å². The molecule has 6 rings (SSSR count). The molecule has 0 unspecified atom stereocenters. The van der Waals surface area contributed by atoms with Gasteiger partial charge in [0.25, 0.3) is 0 Å². The Morgan fingerprint density at radius 3 is 2.13 bits per heavy atom. The molecular formula is C40H36ClNO5. The van der Waals surface area contributed by atoms with Crippen LogP contribution in [0.4, 0.5) is 5.69 Å². The van der Waals surface area contributed by atoms with Crippen molar-refractivity contribution in [2.24, 2.45) is 0 Å². The number of nitrogens with one attached hydrogen (secondary N) is 1. The lowest BCUT2D eigenvalue weighted by atomic mass is 9.89. The number of hydrogen-bond acceptors (Lipinski definition) is 5. The first-order chi connectivity index (χ1) is 22.5. The summed E-state index contributed by atoms with van der Waals surface area (Å²) in [6.07, 6.45) is 0.436. The number of hydrogen-bond donors (Lipinski definition) is 1. The maximum absolute atomic E-state index is 13.9. The highest BCUT2D eigenvalue weighted by molar-refractivity contribution is 6.30. The number of ether oxygens (including phenoxy) is 3. The molecule has 7 heteroatoms. The number of amides is 1. The van der Waals surface area contributed by atoms with Crippen molar-refractivity contribution < 1.29 is 23.8 Å². The highest BCUT2D eigenvalue weighted by Gasteiger charge is 2.23. The van der Waals surface area contributed by atoms with Crippen molar-refractivity contribution in [3.8, 4) is 33.8 Å². The van der Waals surface area contributed by atoms with Crippen molar-refractivity contribution in [3.63, 3.8) is 0 Å². The molecule has 1 aliphatic heterocycles. The third kappa shape index (κ3) is 7.67. The second-order valence-corrected chi connectivity index (χ2v) is 13.1. The Kier molecular flexibility index (Phi) is 9.06. The van der Waals surface area contributed by atoms with Gasteiger partial charge in [-0.15, -0.1) is 0 Å². The fraction of sp³-hybridized carbons (Fsp3) is 0.200. The molecule has 6 nitrogen and oxygen atoms in total. The van der Waals surface area contributed by atoms with Gasteiger partial charge in [0, 0.05) is 10.7 Å². The molecule has 5 aromatic carbocycles. The van der Waals surface area contributed by atoms with Crippen molar-refractivity contribution in [1.29, 1.82) is 0 Å². The Hall–Kier alpha value is -5.07. The van der Waals surface area contributed by atoms with Crippen LogP contribution < -0.4 is 14.8 Å². The van der Waals surface area contributed by atoms with E-state index in [-0.39, 0.29) is 18.7 Å². The molecular weight excluding hydrogens is 610 g/mol. The van der Waals surface area contributed by atoms with Crippen molar-refractivity contribution in [3.05, 3.63) is 136 Å². The highest BCUT2D eigenvalue weighted by Crippen LogP contribution is 2.36. The summed E-state index contributed by atoms with van der Waals surface area (Å²) in [5, 5.41) is 3.83. The molecule has 0 radical (unpaired) electrons. The zero-order valence-electron chi connectivity index (χ0n) is 26.8. The van der Waals surface area contributed by atoms with Gasteiger partial charge in [0.05, 0.1) is 11.5 Å². The minimum Gasteiger partial charge on any atom is -0.456 e. The zero-order chi connectivity index (χ0) is 33.1. The van der Waals surface area contributed by atoms with Crippen LogP contribution in [0.2, 0.25) is 5.02 Å². The molecule has 1 heterocycles. The van der Waals surface area contributed by atoms with E-state index < -0.39 is 11.5 Å². The van der Waals surface area contributed by atoms with Gasteiger partial charge in [-0.1, -0.05) is 72.3 Å². The molecule has 47 heavy (non-hydrogen) atoms. The molecule has 1 amide bonds. The predicted octanol–water partition coefficient (Wildman–Crippen LogP) is 9.63. The van der Waals surface area contributed by atoms with Crippen LogP contribution in [0.15, 0.2) is 109 Å². The van der Waals surface area contributed by atoms with Gasteiger partial charge in [-0.2, -0.15) is 0 Å². The Balaban J connectivity index is 1.24. The van der Waals surface area contributed by atoms with E-state index in [1.807, 2.05) is 125 Å². The van der Waals surface area contributed by atoms with Crippen LogP contribution in [0.25, 0.3) is 22.3 Å². The first kappa shape index (κ1) is 31.9. The molecule has 0 saturated heterocycles. The largest absolute Gasteiger partial charge is 0.456 e. The highest BCUT2D eigenvalue weighted by atomic mass is 35.5. The molecule has 0 saturated carbocycles. The second kappa shape index (κ2) is 13.3. The molecule has 0 fully saturated rings. The summed E-state index contributed by atoms with van der Waals surface area (Å²) in [5.41, 5.74) is 7.58. The summed E-state index contributed by atoms with van der Waals surface area (Å²) in [5.74, 6) is 0.445. The number of benzene rings is 5. The van der Waals surface area contributed by atoms with E-state index in [4.69, 9.17) is 25.8 Å².